The normalized spacial score (nSPS) is 20.6. The molecule has 1 aromatic rings. The van der Waals surface area contributed by atoms with E-state index in [1.54, 1.807) is 12.1 Å². The van der Waals surface area contributed by atoms with Gasteiger partial charge in [0.05, 0.1) is 5.69 Å². The van der Waals surface area contributed by atoms with Crippen molar-refractivity contribution in [2.75, 3.05) is 0 Å². The number of aryl methyl sites for hydroxylation is 1. The van der Waals surface area contributed by atoms with Crippen LogP contribution in [0.1, 0.15) is 11.4 Å². The molecule has 3 N–H and O–H groups in total. The number of rotatable bonds is 1. The van der Waals surface area contributed by atoms with Gasteiger partial charge in [-0.15, -0.1) is 5.10 Å². The molecule has 0 spiro atoms. The smallest absolute Gasteiger partial charge is 0.263 e. The highest BCUT2D eigenvalue weighted by Gasteiger charge is 2.28. The van der Waals surface area contributed by atoms with Crippen LogP contribution >= 0.6 is 0 Å². The molecule has 1 aliphatic heterocycles. The molecule has 0 aromatic carbocycles. The van der Waals surface area contributed by atoms with E-state index in [2.05, 4.69) is 20.7 Å². The van der Waals surface area contributed by atoms with Gasteiger partial charge in [0.2, 0.25) is 0 Å². The zero-order valence-electron chi connectivity index (χ0n) is 7.56. The van der Waals surface area contributed by atoms with Crippen molar-refractivity contribution >= 4 is 11.6 Å². The maximum absolute atomic E-state index is 11.0. The van der Waals surface area contributed by atoms with E-state index in [0.717, 1.165) is 5.69 Å². The fourth-order valence-corrected chi connectivity index (χ4v) is 1.13. The van der Waals surface area contributed by atoms with Crippen LogP contribution in [0.25, 0.3) is 0 Å². The second kappa shape index (κ2) is 3.15. The van der Waals surface area contributed by atoms with E-state index in [0.29, 0.717) is 11.4 Å². The maximum atomic E-state index is 11.0. The minimum Gasteiger partial charge on any atom is -0.315 e. The first kappa shape index (κ1) is 8.76. The summed E-state index contributed by atoms with van der Waals surface area (Å²) < 4.78 is 0. The zero-order chi connectivity index (χ0) is 10.1. The molecule has 1 aliphatic rings. The molecule has 0 saturated carbocycles. The van der Waals surface area contributed by atoms with E-state index < -0.39 is 6.04 Å². The third-order valence-electron chi connectivity index (χ3n) is 1.92. The van der Waals surface area contributed by atoms with E-state index in [-0.39, 0.29) is 5.91 Å². The summed E-state index contributed by atoms with van der Waals surface area (Å²) in [5.74, 6) is -0.317. The largest absolute Gasteiger partial charge is 0.315 e. The van der Waals surface area contributed by atoms with Crippen molar-refractivity contribution in [2.45, 2.75) is 13.0 Å². The maximum Gasteiger partial charge on any atom is 0.263 e. The first-order valence-electron chi connectivity index (χ1n) is 4.12. The van der Waals surface area contributed by atoms with Crippen LogP contribution in [0.4, 0.5) is 0 Å². The van der Waals surface area contributed by atoms with E-state index in [1.807, 2.05) is 6.92 Å². The van der Waals surface area contributed by atoms with Gasteiger partial charge in [0.15, 0.2) is 0 Å². The molecule has 0 saturated heterocycles. The van der Waals surface area contributed by atoms with Crippen molar-refractivity contribution < 1.29 is 4.79 Å². The van der Waals surface area contributed by atoms with Gasteiger partial charge in [-0.05, 0) is 19.1 Å². The van der Waals surface area contributed by atoms with E-state index in [4.69, 9.17) is 5.73 Å². The molecule has 0 aliphatic carbocycles. The third-order valence-corrected chi connectivity index (χ3v) is 1.92. The average molecular weight is 191 g/mol. The number of nitrogens with one attached hydrogen (secondary N) is 1. The molecule has 0 bridgehead atoms. The van der Waals surface area contributed by atoms with E-state index >= 15 is 0 Å². The van der Waals surface area contributed by atoms with Gasteiger partial charge in [-0.3, -0.25) is 4.79 Å². The highest BCUT2D eigenvalue weighted by molar-refractivity contribution is 6.18. The molecular weight excluding hydrogens is 182 g/mol. The predicted octanol–water partition coefficient (Wildman–Crippen LogP) is -1.05. The van der Waals surface area contributed by atoms with Gasteiger partial charge in [-0.2, -0.15) is 10.2 Å². The number of nitrogens with zero attached hydrogens (tertiary/aromatic N) is 3. The Balaban J connectivity index is 2.33. The Kier molecular flexibility index (Phi) is 1.97. The summed E-state index contributed by atoms with van der Waals surface area (Å²) in [6.45, 7) is 1.83. The van der Waals surface area contributed by atoms with Crippen LogP contribution in [0.3, 0.4) is 0 Å². The number of hydrogen-bond donors (Lipinski definition) is 2. The summed E-state index contributed by atoms with van der Waals surface area (Å²) in [7, 11) is 0. The van der Waals surface area contributed by atoms with Gasteiger partial charge >= 0.3 is 0 Å². The molecule has 6 heteroatoms. The molecule has 14 heavy (non-hydrogen) atoms. The molecule has 0 radical (unpaired) electrons. The number of hydrogen-bond acceptors (Lipinski definition) is 5. The molecule has 72 valence electrons. The van der Waals surface area contributed by atoms with Crippen LogP contribution in [-0.2, 0) is 4.79 Å². The van der Waals surface area contributed by atoms with Gasteiger partial charge in [0.25, 0.3) is 5.91 Å². The van der Waals surface area contributed by atoms with Crippen molar-refractivity contribution in [3.63, 3.8) is 0 Å². The van der Waals surface area contributed by atoms with Crippen LogP contribution < -0.4 is 11.2 Å². The lowest BCUT2D eigenvalue weighted by atomic mass is 10.1. The topological polar surface area (TPSA) is 93.3 Å². The molecular formula is C8H9N5O. The Morgan fingerprint density at radius 2 is 2.21 bits per heavy atom. The Labute approximate surface area is 80.2 Å². The number of hydrazone groups is 1. The summed E-state index contributed by atoms with van der Waals surface area (Å²) in [6.07, 6.45) is 0. The molecule has 2 rings (SSSR count). The van der Waals surface area contributed by atoms with Crippen LogP contribution in [0.2, 0.25) is 0 Å². The molecule has 1 amide bonds. The predicted molar refractivity (Wildman–Crippen MR) is 49.4 cm³/mol. The van der Waals surface area contributed by atoms with Crippen molar-refractivity contribution in [1.82, 2.24) is 15.6 Å². The van der Waals surface area contributed by atoms with Gasteiger partial charge in [0, 0.05) is 0 Å². The Bertz CT molecular complexity index is 397. The van der Waals surface area contributed by atoms with E-state index in [9.17, 15) is 4.79 Å². The molecule has 0 fully saturated rings. The monoisotopic (exact) mass is 191 g/mol. The van der Waals surface area contributed by atoms with Gasteiger partial charge in [-0.1, -0.05) is 0 Å². The highest BCUT2D eigenvalue weighted by atomic mass is 16.2. The van der Waals surface area contributed by atoms with Crippen molar-refractivity contribution in [3.8, 4) is 0 Å². The summed E-state index contributed by atoms with van der Waals surface area (Å²) in [6, 6.07) is 2.79. The minimum atomic E-state index is -0.744. The van der Waals surface area contributed by atoms with Crippen LogP contribution in [0, 0.1) is 6.92 Å². The number of aromatic nitrogens is 2. The SMILES string of the molecule is Cc1ccc(C2=NNC(=O)C2N)nn1. The van der Waals surface area contributed by atoms with E-state index in [1.165, 1.54) is 0 Å². The lowest BCUT2D eigenvalue weighted by Crippen LogP contribution is -2.38. The number of carbonyl (C=O) groups is 1. The molecule has 6 nitrogen and oxygen atoms in total. The van der Waals surface area contributed by atoms with Crippen molar-refractivity contribution in [1.29, 1.82) is 0 Å². The van der Waals surface area contributed by atoms with Gasteiger partial charge in [0.1, 0.15) is 17.4 Å². The van der Waals surface area contributed by atoms with Gasteiger partial charge in [-0.25, -0.2) is 5.43 Å². The first-order valence-corrected chi connectivity index (χ1v) is 4.12. The molecule has 1 atom stereocenters. The molecule has 1 unspecified atom stereocenters. The summed E-state index contributed by atoms with van der Waals surface area (Å²) >= 11 is 0. The fourth-order valence-electron chi connectivity index (χ4n) is 1.13. The number of amides is 1. The molecule has 1 aromatic heterocycles. The second-order valence-corrected chi connectivity index (χ2v) is 3.01. The average Bonchev–Trinajstić information content (AvgIpc) is 2.50. The Hall–Kier alpha value is -1.82. The first-order chi connectivity index (χ1) is 6.68. The Morgan fingerprint density at radius 1 is 1.43 bits per heavy atom. The summed E-state index contributed by atoms with van der Waals surface area (Å²) in [5.41, 5.74) is 9.64. The standard InChI is InChI=1S/C8H9N5O/c1-4-2-3-5(11-10-4)7-6(9)8(14)13-12-7/h2-3,6H,9H2,1H3,(H,13,14). The second-order valence-electron chi connectivity index (χ2n) is 3.01. The number of carbonyl (C=O) groups excluding carboxylic acids is 1. The Morgan fingerprint density at radius 3 is 2.71 bits per heavy atom. The van der Waals surface area contributed by atoms with Crippen LogP contribution in [0.15, 0.2) is 17.2 Å². The highest BCUT2D eigenvalue weighted by Crippen LogP contribution is 2.04. The zero-order valence-corrected chi connectivity index (χ0v) is 7.56. The lowest BCUT2D eigenvalue weighted by molar-refractivity contribution is -0.120. The fraction of sp³-hybridized carbons (Fsp3) is 0.250. The summed E-state index contributed by atoms with van der Waals surface area (Å²) in [4.78, 5) is 11.0. The lowest BCUT2D eigenvalue weighted by Gasteiger charge is -2.02. The van der Waals surface area contributed by atoms with Crippen molar-refractivity contribution in [2.24, 2.45) is 10.8 Å². The minimum absolute atomic E-state index is 0.317. The van der Waals surface area contributed by atoms with Crippen LogP contribution in [0.5, 0.6) is 0 Å². The van der Waals surface area contributed by atoms with Crippen LogP contribution in [-0.4, -0.2) is 27.9 Å². The third kappa shape index (κ3) is 1.35. The van der Waals surface area contributed by atoms with Gasteiger partial charge < -0.3 is 5.73 Å². The van der Waals surface area contributed by atoms with Crippen molar-refractivity contribution in [3.05, 3.63) is 23.5 Å². The summed E-state index contributed by atoms with van der Waals surface area (Å²) in [5, 5.41) is 11.5. The number of nitrogens with two attached hydrogens (primary N) is 1. The molecule has 2 heterocycles. The quantitative estimate of drug-likeness (QED) is 0.592.